The molecule has 0 fully saturated rings. The number of hydrogen-bond acceptors (Lipinski definition) is 6. The van der Waals surface area contributed by atoms with Crippen LogP contribution in [0.25, 0.3) is 10.9 Å². The van der Waals surface area contributed by atoms with Crippen molar-refractivity contribution in [2.24, 2.45) is 0 Å². The van der Waals surface area contributed by atoms with E-state index in [4.69, 9.17) is 4.74 Å². The largest absolute Gasteiger partial charge is 0.534 e. The Hall–Kier alpha value is -2.36. The van der Waals surface area contributed by atoms with E-state index in [0.717, 1.165) is 12.3 Å². The summed E-state index contributed by atoms with van der Waals surface area (Å²) < 4.78 is 67.6. The number of hydrogen-bond donors (Lipinski definition) is 0. The van der Waals surface area contributed by atoms with E-state index in [1.807, 2.05) is 0 Å². The second kappa shape index (κ2) is 6.03. The minimum absolute atomic E-state index is 0.106. The zero-order valence-corrected chi connectivity index (χ0v) is 12.4. The van der Waals surface area contributed by atoms with Gasteiger partial charge in [-0.1, -0.05) is 12.1 Å². The number of carbonyl (C=O) groups is 1. The molecule has 0 spiro atoms. The molecule has 124 valence electrons. The number of ether oxygens (including phenoxy) is 1. The third-order valence-corrected chi connectivity index (χ3v) is 3.65. The quantitative estimate of drug-likeness (QED) is 0.479. The molecular weight excluding hydrogens is 339 g/mol. The molecule has 0 unspecified atom stereocenters. The minimum atomic E-state index is -5.79. The van der Waals surface area contributed by atoms with Gasteiger partial charge in [0.2, 0.25) is 0 Å². The van der Waals surface area contributed by atoms with Crippen LogP contribution in [0.4, 0.5) is 13.2 Å². The maximum Gasteiger partial charge on any atom is 0.534 e. The smallest absolute Gasteiger partial charge is 0.462 e. The van der Waals surface area contributed by atoms with Crippen LogP contribution >= 0.6 is 0 Å². The predicted octanol–water partition coefficient (Wildman–Crippen LogP) is 2.64. The van der Waals surface area contributed by atoms with Gasteiger partial charge in [-0.25, -0.2) is 4.79 Å². The zero-order valence-electron chi connectivity index (χ0n) is 11.6. The van der Waals surface area contributed by atoms with Crippen LogP contribution in [0.1, 0.15) is 17.3 Å². The Kier molecular flexibility index (Phi) is 4.46. The molecule has 0 aliphatic carbocycles. The van der Waals surface area contributed by atoms with Crippen molar-refractivity contribution < 1.29 is 35.3 Å². The fourth-order valence-electron chi connectivity index (χ4n) is 1.73. The highest BCUT2D eigenvalue weighted by Gasteiger charge is 2.48. The first-order chi connectivity index (χ1) is 10.7. The number of halogens is 3. The Morgan fingerprint density at radius 1 is 1.30 bits per heavy atom. The number of nitrogens with zero attached hydrogens (tertiary/aromatic N) is 1. The van der Waals surface area contributed by atoms with Crippen LogP contribution in [0.3, 0.4) is 0 Å². The molecule has 0 amide bonds. The van der Waals surface area contributed by atoms with Gasteiger partial charge >= 0.3 is 21.6 Å². The van der Waals surface area contributed by atoms with Crippen molar-refractivity contribution >= 4 is 27.0 Å². The summed E-state index contributed by atoms with van der Waals surface area (Å²) in [5.74, 6) is -1.27. The zero-order chi connectivity index (χ0) is 17.3. The van der Waals surface area contributed by atoms with E-state index in [-0.39, 0.29) is 23.1 Å². The summed E-state index contributed by atoms with van der Waals surface area (Å²) in [5, 5.41) is 0.227. The molecule has 0 saturated carbocycles. The summed E-state index contributed by atoms with van der Waals surface area (Å²) in [6.45, 7) is 1.75. The number of fused-ring (bicyclic) bond motifs is 1. The van der Waals surface area contributed by atoms with Gasteiger partial charge in [0.05, 0.1) is 23.9 Å². The Bertz CT molecular complexity index is 848. The molecule has 0 aliphatic rings. The number of benzene rings is 1. The third-order valence-electron chi connectivity index (χ3n) is 2.67. The molecule has 2 rings (SSSR count). The minimum Gasteiger partial charge on any atom is -0.462 e. The van der Waals surface area contributed by atoms with Crippen LogP contribution in [0.5, 0.6) is 5.75 Å². The molecule has 0 aliphatic heterocycles. The molecule has 0 bridgehead atoms. The van der Waals surface area contributed by atoms with Gasteiger partial charge in [0.15, 0.2) is 5.75 Å². The average molecular weight is 349 g/mol. The summed E-state index contributed by atoms with van der Waals surface area (Å²) in [4.78, 5) is 15.6. The lowest BCUT2D eigenvalue weighted by Gasteiger charge is -2.10. The molecular formula is C13H10F3NO5S. The number of carbonyl (C=O) groups excluding carboxylic acids is 1. The van der Waals surface area contributed by atoms with Crippen molar-refractivity contribution in [1.29, 1.82) is 0 Å². The van der Waals surface area contributed by atoms with Gasteiger partial charge in [-0.3, -0.25) is 4.98 Å². The summed E-state index contributed by atoms with van der Waals surface area (Å²) in [6.07, 6.45) is 0.786. The van der Waals surface area contributed by atoms with Crippen LogP contribution in [0, 0.1) is 0 Å². The highest BCUT2D eigenvalue weighted by atomic mass is 32.2. The van der Waals surface area contributed by atoms with E-state index in [2.05, 4.69) is 9.17 Å². The number of aromatic nitrogens is 1. The maximum atomic E-state index is 12.3. The SMILES string of the molecule is CCOC(=O)c1cccc2cc(OS(=O)(=O)C(F)(F)F)cnc12. The number of para-hydroxylation sites is 1. The van der Waals surface area contributed by atoms with Crippen molar-refractivity contribution in [2.45, 2.75) is 12.4 Å². The number of pyridine rings is 1. The van der Waals surface area contributed by atoms with E-state index < -0.39 is 27.3 Å². The highest BCUT2D eigenvalue weighted by Crippen LogP contribution is 2.28. The van der Waals surface area contributed by atoms with Gasteiger partial charge in [-0.05, 0) is 19.1 Å². The Morgan fingerprint density at radius 3 is 2.61 bits per heavy atom. The standard InChI is InChI=1S/C13H10F3NO5S/c1-2-21-12(18)10-5-3-4-8-6-9(7-17-11(8)10)22-23(19,20)13(14,15)16/h3-7H,2H2,1H3. The summed E-state index contributed by atoms with van der Waals surface area (Å²) >= 11 is 0. The molecule has 0 N–H and O–H groups in total. The van der Waals surface area contributed by atoms with Crippen molar-refractivity contribution in [1.82, 2.24) is 4.98 Å². The van der Waals surface area contributed by atoms with E-state index >= 15 is 0 Å². The molecule has 23 heavy (non-hydrogen) atoms. The maximum absolute atomic E-state index is 12.3. The van der Waals surface area contributed by atoms with Crippen LogP contribution < -0.4 is 4.18 Å². The molecule has 1 aromatic heterocycles. The number of alkyl halides is 3. The van der Waals surface area contributed by atoms with Crippen LogP contribution in [0.2, 0.25) is 0 Å². The Morgan fingerprint density at radius 2 is 2.00 bits per heavy atom. The number of esters is 1. The lowest BCUT2D eigenvalue weighted by molar-refractivity contribution is -0.0500. The van der Waals surface area contributed by atoms with Crippen molar-refractivity contribution in [3.05, 3.63) is 36.0 Å². The Balaban J connectivity index is 2.43. The van der Waals surface area contributed by atoms with Crippen molar-refractivity contribution in [3.8, 4) is 5.75 Å². The summed E-state index contributed by atoms with van der Waals surface area (Å²) in [7, 11) is -5.79. The van der Waals surface area contributed by atoms with Gasteiger partial charge < -0.3 is 8.92 Å². The third kappa shape index (κ3) is 3.52. The fraction of sp³-hybridized carbons (Fsp3) is 0.231. The first kappa shape index (κ1) is 17.0. The number of rotatable bonds is 4. The Labute approximate surface area is 129 Å². The average Bonchev–Trinajstić information content (AvgIpc) is 2.45. The van der Waals surface area contributed by atoms with Gasteiger partial charge in [0.25, 0.3) is 0 Å². The lowest BCUT2D eigenvalue weighted by atomic mass is 10.1. The molecule has 0 atom stereocenters. The van der Waals surface area contributed by atoms with Crippen LogP contribution in [0.15, 0.2) is 30.5 Å². The molecule has 6 nitrogen and oxygen atoms in total. The first-order valence-electron chi connectivity index (χ1n) is 6.22. The molecule has 0 saturated heterocycles. The van der Waals surface area contributed by atoms with E-state index in [1.165, 1.54) is 18.2 Å². The van der Waals surface area contributed by atoms with Crippen molar-refractivity contribution in [2.75, 3.05) is 6.61 Å². The molecule has 10 heteroatoms. The predicted molar refractivity (Wildman–Crippen MR) is 73.3 cm³/mol. The second-order valence-corrected chi connectivity index (χ2v) is 5.79. The summed E-state index contributed by atoms with van der Waals surface area (Å²) in [5.41, 5.74) is -5.29. The van der Waals surface area contributed by atoms with Crippen molar-refractivity contribution in [3.63, 3.8) is 0 Å². The van der Waals surface area contributed by atoms with Gasteiger partial charge in [-0.2, -0.15) is 21.6 Å². The van der Waals surface area contributed by atoms with Gasteiger partial charge in [0.1, 0.15) is 0 Å². The first-order valence-corrected chi connectivity index (χ1v) is 7.63. The van der Waals surface area contributed by atoms with E-state index in [9.17, 15) is 26.4 Å². The van der Waals surface area contributed by atoms with Gasteiger partial charge in [-0.15, -0.1) is 0 Å². The van der Waals surface area contributed by atoms with Crippen LogP contribution in [-0.2, 0) is 14.9 Å². The normalized spacial score (nSPS) is 12.2. The topological polar surface area (TPSA) is 82.6 Å². The van der Waals surface area contributed by atoms with Gasteiger partial charge in [0, 0.05) is 5.39 Å². The molecule has 1 aromatic carbocycles. The second-order valence-electron chi connectivity index (χ2n) is 4.25. The molecule has 1 heterocycles. The van der Waals surface area contributed by atoms with Crippen LogP contribution in [-0.4, -0.2) is 31.5 Å². The molecule has 0 radical (unpaired) electrons. The highest BCUT2D eigenvalue weighted by molar-refractivity contribution is 7.88. The van der Waals surface area contributed by atoms with E-state index in [0.29, 0.717) is 0 Å². The monoisotopic (exact) mass is 349 g/mol. The molecule has 2 aromatic rings. The summed E-state index contributed by atoms with van der Waals surface area (Å²) in [6, 6.07) is 5.37. The van der Waals surface area contributed by atoms with E-state index in [1.54, 1.807) is 6.92 Å². The lowest BCUT2D eigenvalue weighted by Crippen LogP contribution is -2.28. The fourth-order valence-corrected chi connectivity index (χ4v) is 2.17.